The Bertz CT molecular complexity index is 618. The molecule has 2 aromatic rings. The lowest BCUT2D eigenvalue weighted by atomic mass is 10.2. The molecule has 0 saturated heterocycles. The van der Waals surface area contributed by atoms with Gasteiger partial charge in [0.25, 0.3) is 0 Å². The van der Waals surface area contributed by atoms with E-state index in [4.69, 9.17) is 17.0 Å². The van der Waals surface area contributed by atoms with E-state index in [2.05, 4.69) is 10.2 Å². The normalized spacial score (nSPS) is 10.9. The van der Waals surface area contributed by atoms with Crippen LogP contribution in [0.3, 0.4) is 0 Å². The molecule has 0 fully saturated rings. The van der Waals surface area contributed by atoms with Crippen molar-refractivity contribution >= 4 is 12.2 Å². The second-order valence-corrected chi connectivity index (χ2v) is 4.58. The minimum atomic E-state index is -0.350. The van der Waals surface area contributed by atoms with E-state index in [-0.39, 0.29) is 11.7 Å². The lowest BCUT2D eigenvalue weighted by molar-refractivity contribution is 0.408. The summed E-state index contributed by atoms with van der Waals surface area (Å²) in [7, 11) is 1.50. The van der Waals surface area contributed by atoms with Crippen molar-refractivity contribution in [1.29, 1.82) is 0 Å². The first-order valence-electron chi connectivity index (χ1n) is 5.55. The number of aromatic nitrogens is 3. The van der Waals surface area contributed by atoms with Crippen molar-refractivity contribution in [2.75, 3.05) is 7.11 Å². The van der Waals surface area contributed by atoms with Crippen LogP contribution in [-0.4, -0.2) is 21.9 Å². The standard InChI is InChI=1S/C12H14FN3OS/c1-7(2)11-14-15-12(18)16(11)9-5-4-8(13)6-10(9)17-3/h4-7H,1-3H3,(H,15,18). The van der Waals surface area contributed by atoms with Crippen molar-refractivity contribution in [3.05, 3.63) is 34.6 Å². The highest BCUT2D eigenvalue weighted by atomic mass is 32.1. The van der Waals surface area contributed by atoms with Crippen LogP contribution < -0.4 is 4.74 Å². The molecule has 1 aromatic carbocycles. The summed E-state index contributed by atoms with van der Waals surface area (Å²) in [5.74, 6) is 1.05. The summed E-state index contributed by atoms with van der Waals surface area (Å²) in [5, 5.41) is 6.94. The number of hydrogen-bond donors (Lipinski definition) is 1. The molecule has 2 rings (SSSR count). The van der Waals surface area contributed by atoms with Crippen LogP contribution in [-0.2, 0) is 0 Å². The van der Waals surface area contributed by atoms with Gasteiger partial charge in [-0.15, -0.1) is 0 Å². The highest BCUT2D eigenvalue weighted by molar-refractivity contribution is 7.71. The summed E-state index contributed by atoms with van der Waals surface area (Å²) in [6.07, 6.45) is 0. The van der Waals surface area contributed by atoms with Gasteiger partial charge in [0.15, 0.2) is 4.77 Å². The van der Waals surface area contributed by atoms with Gasteiger partial charge in [0.05, 0.1) is 12.8 Å². The number of methoxy groups -OCH3 is 1. The molecule has 96 valence electrons. The van der Waals surface area contributed by atoms with Gasteiger partial charge in [-0.25, -0.2) is 4.39 Å². The summed E-state index contributed by atoms with van der Waals surface area (Å²) < 4.78 is 20.6. The van der Waals surface area contributed by atoms with Crippen LogP contribution in [0.2, 0.25) is 0 Å². The van der Waals surface area contributed by atoms with E-state index in [0.717, 1.165) is 5.82 Å². The number of nitrogens with zero attached hydrogens (tertiary/aromatic N) is 2. The Hall–Kier alpha value is -1.69. The Kier molecular flexibility index (Phi) is 3.47. The molecule has 0 aliphatic carbocycles. The molecule has 6 heteroatoms. The second-order valence-electron chi connectivity index (χ2n) is 4.19. The van der Waals surface area contributed by atoms with Gasteiger partial charge in [0, 0.05) is 12.0 Å². The predicted octanol–water partition coefficient (Wildman–Crippen LogP) is 3.20. The Labute approximate surface area is 109 Å². The lowest BCUT2D eigenvalue weighted by Gasteiger charge is -2.12. The van der Waals surface area contributed by atoms with E-state index in [0.29, 0.717) is 16.2 Å². The van der Waals surface area contributed by atoms with E-state index in [9.17, 15) is 4.39 Å². The zero-order valence-electron chi connectivity index (χ0n) is 10.4. The van der Waals surface area contributed by atoms with Crippen LogP contribution in [0.15, 0.2) is 18.2 Å². The highest BCUT2D eigenvalue weighted by Gasteiger charge is 2.15. The average Bonchev–Trinajstić information content (AvgIpc) is 2.71. The first kappa shape index (κ1) is 12.8. The van der Waals surface area contributed by atoms with Crippen molar-refractivity contribution in [1.82, 2.24) is 14.8 Å². The van der Waals surface area contributed by atoms with Gasteiger partial charge in [-0.05, 0) is 24.4 Å². The van der Waals surface area contributed by atoms with Crippen molar-refractivity contribution in [3.8, 4) is 11.4 Å². The molecule has 1 heterocycles. The molecule has 18 heavy (non-hydrogen) atoms. The monoisotopic (exact) mass is 267 g/mol. The predicted molar refractivity (Wildman–Crippen MR) is 69.3 cm³/mol. The number of nitrogens with one attached hydrogen (secondary N) is 1. The Morgan fingerprint density at radius 3 is 2.78 bits per heavy atom. The minimum Gasteiger partial charge on any atom is -0.494 e. The zero-order chi connectivity index (χ0) is 13.3. The third-order valence-corrected chi connectivity index (χ3v) is 2.87. The van der Waals surface area contributed by atoms with Gasteiger partial charge in [0.1, 0.15) is 17.4 Å². The minimum absolute atomic E-state index is 0.188. The topological polar surface area (TPSA) is 42.8 Å². The first-order valence-corrected chi connectivity index (χ1v) is 5.96. The van der Waals surface area contributed by atoms with Crippen LogP contribution >= 0.6 is 12.2 Å². The summed E-state index contributed by atoms with van der Waals surface area (Å²) in [6.45, 7) is 4.02. The molecule has 0 aliphatic heterocycles. The fraction of sp³-hybridized carbons (Fsp3) is 0.333. The highest BCUT2D eigenvalue weighted by Crippen LogP contribution is 2.27. The summed E-state index contributed by atoms with van der Waals surface area (Å²) in [5.41, 5.74) is 0.682. The van der Waals surface area contributed by atoms with Crippen LogP contribution in [0.4, 0.5) is 4.39 Å². The number of halogens is 1. The maximum Gasteiger partial charge on any atom is 0.200 e. The molecule has 0 spiro atoms. The molecule has 0 unspecified atom stereocenters. The Balaban J connectivity index is 2.69. The maximum absolute atomic E-state index is 13.2. The maximum atomic E-state index is 13.2. The third-order valence-electron chi connectivity index (χ3n) is 2.60. The summed E-state index contributed by atoms with van der Waals surface area (Å²) >= 11 is 5.21. The smallest absolute Gasteiger partial charge is 0.200 e. The SMILES string of the molecule is COc1cc(F)ccc1-n1c(C(C)C)n[nH]c1=S. The second kappa shape index (κ2) is 4.89. The molecule has 4 nitrogen and oxygen atoms in total. The van der Waals surface area contributed by atoms with Gasteiger partial charge in [-0.1, -0.05) is 13.8 Å². The summed E-state index contributed by atoms with van der Waals surface area (Å²) in [6, 6.07) is 4.33. The van der Waals surface area contributed by atoms with Crippen LogP contribution in [0.1, 0.15) is 25.6 Å². The number of aromatic amines is 1. The number of H-pyrrole nitrogens is 1. The number of hydrogen-bond acceptors (Lipinski definition) is 3. The number of ether oxygens (including phenoxy) is 1. The largest absolute Gasteiger partial charge is 0.494 e. The molecule has 1 N–H and O–H groups in total. The van der Waals surface area contributed by atoms with E-state index in [1.165, 1.54) is 19.2 Å². The van der Waals surface area contributed by atoms with Gasteiger partial charge in [-0.2, -0.15) is 5.10 Å². The Morgan fingerprint density at radius 2 is 2.17 bits per heavy atom. The van der Waals surface area contributed by atoms with Gasteiger partial charge < -0.3 is 4.74 Å². The zero-order valence-corrected chi connectivity index (χ0v) is 11.2. The van der Waals surface area contributed by atoms with Crippen LogP contribution in [0, 0.1) is 10.6 Å². The van der Waals surface area contributed by atoms with Gasteiger partial charge in [-0.3, -0.25) is 9.67 Å². The Morgan fingerprint density at radius 1 is 1.44 bits per heavy atom. The molecule has 0 bridgehead atoms. The molecule has 1 aromatic heterocycles. The summed E-state index contributed by atoms with van der Waals surface area (Å²) in [4.78, 5) is 0. The van der Waals surface area contributed by atoms with Crippen molar-refractivity contribution in [2.45, 2.75) is 19.8 Å². The van der Waals surface area contributed by atoms with Crippen LogP contribution in [0.25, 0.3) is 5.69 Å². The van der Waals surface area contributed by atoms with E-state index < -0.39 is 0 Å². The molecular formula is C12H14FN3OS. The van der Waals surface area contributed by atoms with E-state index in [1.807, 2.05) is 13.8 Å². The lowest BCUT2D eigenvalue weighted by Crippen LogP contribution is -2.05. The quantitative estimate of drug-likeness (QED) is 0.868. The average molecular weight is 267 g/mol. The van der Waals surface area contributed by atoms with Crippen molar-refractivity contribution < 1.29 is 9.13 Å². The van der Waals surface area contributed by atoms with Crippen molar-refractivity contribution in [3.63, 3.8) is 0 Å². The number of rotatable bonds is 3. The molecule has 0 radical (unpaired) electrons. The van der Waals surface area contributed by atoms with Gasteiger partial charge >= 0.3 is 0 Å². The number of benzene rings is 1. The van der Waals surface area contributed by atoms with Crippen molar-refractivity contribution in [2.24, 2.45) is 0 Å². The third kappa shape index (κ3) is 2.15. The fourth-order valence-corrected chi connectivity index (χ4v) is 2.00. The molecule has 0 aliphatic rings. The van der Waals surface area contributed by atoms with Gasteiger partial charge in [0.2, 0.25) is 0 Å². The molecule has 0 saturated carbocycles. The van der Waals surface area contributed by atoms with E-state index >= 15 is 0 Å². The first-order chi connectivity index (χ1) is 8.54. The molecule has 0 atom stereocenters. The fourth-order valence-electron chi connectivity index (χ4n) is 1.77. The van der Waals surface area contributed by atoms with E-state index in [1.54, 1.807) is 10.6 Å². The molecule has 0 amide bonds. The van der Waals surface area contributed by atoms with Crippen LogP contribution in [0.5, 0.6) is 5.75 Å². The molecular weight excluding hydrogens is 253 g/mol.